The van der Waals surface area contributed by atoms with Gasteiger partial charge < -0.3 is 15.4 Å². The molecule has 1 aromatic heterocycles. The van der Waals surface area contributed by atoms with Crippen LogP contribution in [0.2, 0.25) is 0 Å². The monoisotopic (exact) mass is 277 g/mol. The molecule has 1 atom stereocenters. The van der Waals surface area contributed by atoms with Gasteiger partial charge in [-0.05, 0) is 37.8 Å². The van der Waals surface area contributed by atoms with E-state index in [0.717, 1.165) is 32.4 Å². The number of amides is 1. The van der Waals surface area contributed by atoms with Gasteiger partial charge in [0.1, 0.15) is 5.82 Å². The molecular formula is C15H23N3O2. The normalized spacial score (nSPS) is 18.6. The van der Waals surface area contributed by atoms with Crippen molar-refractivity contribution in [1.82, 2.24) is 10.3 Å². The minimum atomic E-state index is -0.0918. The first-order valence-electron chi connectivity index (χ1n) is 7.40. The minimum absolute atomic E-state index is 0.0918. The summed E-state index contributed by atoms with van der Waals surface area (Å²) in [6, 6.07) is 3.57. The van der Waals surface area contributed by atoms with Gasteiger partial charge in [0.05, 0.1) is 11.7 Å². The Morgan fingerprint density at radius 2 is 2.40 bits per heavy atom. The molecule has 110 valence electrons. The second-order valence-corrected chi connectivity index (χ2v) is 5.02. The summed E-state index contributed by atoms with van der Waals surface area (Å²) >= 11 is 0. The third kappa shape index (κ3) is 4.20. The standard InChI is InChI=1S/C15H23N3O2/c1-2-8-16-14-13(7-5-9-17-14)15(19)18-11-12-6-3-4-10-20-12/h5,7,9,12H,2-4,6,8,10-11H2,1H3,(H,16,17)(H,18,19). The first-order chi connectivity index (χ1) is 9.81. The molecule has 0 bridgehead atoms. The lowest BCUT2D eigenvalue weighted by Crippen LogP contribution is -2.35. The molecule has 1 saturated heterocycles. The van der Waals surface area contributed by atoms with Crippen LogP contribution in [0.3, 0.4) is 0 Å². The molecule has 1 aliphatic heterocycles. The van der Waals surface area contributed by atoms with Crippen LogP contribution < -0.4 is 10.6 Å². The van der Waals surface area contributed by atoms with Gasteiger partial charge in [-0.3, -0.25) is 4.79 Å². The molecule has 5 heteroatoms. The molecule has 20 heavy (non-hydrogen) atoms. The van der Waals surface area contributed by atoms with Crippen molar-refractivity contribution in [2.75, 3.05) is 25.0 Å². The van der Waals surface area contributed by atoms with Crippen LogP contribution in [0.1, 0.15) is 43.0 Å². The summed E-state index contributed by atoms with van der Waals surface area (Å²) < 4.78 is 5.61. The van der Waals surface area contributed by atoms with E-state index in [1.54, 1.807) is 18.3 Å². The second kappa shape index (κ2) is 7.85. The third-order valence-electron chi connectivity index (χ3n) is 3.36. The number of carbonyl (C=O) groups excluding carboxylic acids is 1. The average molecular weight is 277 g/mol. The van der Waals surface area contributed by atoms with Crippen LogP contribution in [0.5, 0.6) is 0 Å². The Hall–Kier alpha value is -1.62. The molecule has 1 amide bonds. The highest BCUT2D eigenvalue weighted by Gasteiger charge is 2.17. The summed E-state index contributed by atoms with van der Waals surface area (Å²) in [5.74, 6) is 0.558. The molecule has 1 fully saturated rings. The van der Waals surface area contributed by atoms with E-state index >= 15 is 0 Å². The lowest BCUT2D eigenvalue weighted by Gasteiger charge is -2.22. The second-order valence-electron chi connectivity index (χ2n) is 5.02. The summed E-state index contributed by atoms with van der Waals surface area (Å²) in [7, 11) is 0. The van der Waals surface area contributed by atoms with Crippen molar-refractivity contribution < 1.29 is 9.53 Å². The van der Waals surface area contributed by atoms with E-state index in [0.29, 0.717) is 17.9 Å². The van der Waals surface area contributed by atoms with Gasteiger partial charge in [0.2, 0.25) is 0 Å². The predicted octanol–water partition coefficient (Wildman–Crippen LogP) is 2.20. The fourth-order valence-corrected chi connectivity index (χ4v) is 2.24. The molecule has 0 radical (unpaired) electrons. The zero-order valence-electron chi connectivity index (χ0n) is 12.0. The molecule has 0 aliphatic carbocycles. The SMILES string of the molecule is CCCNc1ncccc1C(=O)NCC1CCCCO1. The highest BCUT2D eigenvalue weighted by Crippen LogP contribution is 2.13. The Morgan fingerprint density at radius 1 is 1.50 bits per heavy atom. The Labute approximate surface area is 120 Å². The van der Waals surface area contributed by atoms with E-state index in [2.05, 4.69) is 22.5 Å². The van der Waals surface area contributed by atoms with Crippen LogP contribution in [-0.2, 0) is 4.74 Å². The van der Waals surface area contributed by atoms with Crippen molar-refractivity contribution in [3.63, 3.8) is 0 Å². The molecule has 2 heterocycles. The lowest BCUT2D eigenvalue weighted by atomic mass is 10.1. The van der Waals surface area contributed by atoms with E-state index < -0.39 is 0 Å². The van der Waals surface area contributed by atoms with Crippen LogP contribution in [0.4, 0.5) is 5.82 Å². The first-order valence-corrected chi connectivity index (χ1v) is 7.40. The first kappa shape index (κ1) is 14.8. The van der Waals surface area contributed by atoms with Crippen LogP contribution in [0.25, 0.3) is 0 Å². The number of rotatable bonds is 6. The number of nitrogens with one attached hydrogen (secondary N) is 2. The number of aromatic nitrogens is 1. The quantitative estimate of drug-likeness (QED) is 0.836. The summed E-state index contributed by atoms with van der Waals surface area (Å²) in [5.41, 5.74) is 0.594. The van der Waals surface area contributed by atoms with Crippen LogP contribution in [0.15, 0.2) is 18.3 Å². The highest BCUT2D eigenvalue weighted by atomic mass is 16.5. The molecular weight excluding hydrogens is 254 g/mol. The van der Waals surface area contributed by atoms with Crippen LogP contribution in [0, 0.1) is 0 Å². The molecule has 0 aromatic carbocycles. The maximum absolute atomic E-state index is 12.2. The Kier molecular flexibility index (Phi) is 5.80. The molecule has 1 aromatic rings. The maximum Gasteiger partial charge on any atom is 0.255 e. The number of pyridine rings is 1. The molecule has 2 N–H and O–H groups in total. The van der Waals surface area contributed by atoms with Crippen molar-refractivity contribution in [2.45, 2.75) is 38.7 Å². The molecule has 1 unspecified atom stereocenters. The largest absolute Gasteiger partial charge is 0.376 e. The van der Waals surface area contributed by atoms with Gasteiger partial charge in [-0.1, -0.05) is 6.92 Å². The average Bonchev–Trinajstić information content (AvgIpc) is 2.52. The molecule has 1 aliphatic rings. The summed E-state index contributed by atoms with van der Waals surface area (Å²) in [6.45, 7) is 4.26. The summed E-state index contributed by atoms with van der Waals surface area (Å²) in [5, 5.41) is 6.12. The fraction of sp³-hybridized carbons (Fsp3) is 0.600. The van der Waals surface area contributed by atoms with Crippen molar-refractivity contribution in [2.24, 2.45) is 0 Å². The van der Waals surface area contributed by atoms with Gasteiger partial charge in [0.15, 0.2) is 0 Å². The fourth-order valence-electron chi connectivity index (χ4n) is 2.24. The van der Waals surface area contributed by atoms with E-state index in [1.807, 2.05) is 0 Å². The third-order valence-corrected chi connectivity index (χ3v) is 3.36. The Balaban J connectivity index is 1.90. The van der Waals surface area contributed by atoms with Gasteiger partial charge in [0, 0.05) is 25.9 Å². The van der Waals surface area contributed by atoms with Crippen LogP contribution >= 0.6 is 0 Å². The molecule has 0 saturated carbocycles. The summed E-state index contributed by atoms with van der Waals surface area (Å²) in [6.07, 6.45) is 6.16. The smallest absolute Gasteiger partial charge is 0.255 e. The molecule has 0 spiro atoms. The van der Waals surface area contributed by atoms with E-state index in [-0.39, 0.29) is 12.0 Å². The van der Waals surface area contributed by atoms with Crippen molar-refractivity contribution >= 4 is 11.7 Å². The van der Waals surface area contributed by atoms with Crippen molar-refractivity contribution in [3.05, 3.63) is 23.9 Å². The highest BCUT2D eigenvalue weighted by molar-refractivity contribution is 5.98. The summed E-state index contributed by atoms with van der Waals surface area (Å²) in [4.78, 5) is 16.5. The topological polar surface area (TPSA) is 63.2 Å². The maximum atomic E-state index is 12.2. The number of anilines is 1. The number of nitrogens with zero attached hydrogens (tertiary/aromatic N) is 1. The van der Waals surface area contributed by atoms with E-state index in [1.165, 1.54) is 6.42 Å². The Bertz CT molecular complexity index is 431. The Morgan fingerprint density at radius 3 is 3.15 bits per heavy atom. The van der Waals surface area contributed by atoms with Crippen LogP contribution in [-0.4, -0.2) is 36.7 Å². The van der Waals surface area contributed by atoms with Gasteiger partial charge >= 0.3 is 0 Å². The number of hydrogen-bond acceptors (Lipinski definition) is 4. The number of ether oxygens (including phenoxy) is 1. The molecule has 2 rings (SSSR count). The number of carbonyl (C=O) groups is 1. The van der Waals surface area contributed by atoms with E-state index in [4.69, 9.17) is 4.74 Å². The van der Waals surface area contributed by atoms with Crippen molar-refractivity contribution in [3.8, 4) is 0 Å². The lowest BCUT2D eigenvalue weighted by molar-refractivity contribution is 0.0169. The zero-order chi connectivity index (χ0) is 14.2. The van der Waals surface area contributed by atoms with Gasteiger partial charge in [-0.15, -0.1) is 0 Å². The minimum Gasteiger partial charge on any atom is -0.376 e. The van der Waals surface area contributed by atoms with Crippen molar-refractivity contribution in [1.29, 1.82) is 0 Å². The predicted molar refractivity (Wildman–Crippen MR) is 78.9 cm³/mol. The van der Waals surface area contributed by atoms with E-state index in [9.17, 15) is 4.79 Å². The van der Waals surface area contributed by atoms with Gasteiger partial charge in [-0.25, -0.2) is 4.98 Å². The van der Waals surface area contributed by atoms with Gasteiger partial charge in [0.25, 0.3) is 5.91 Å². The van der Waals surface area contributed by atoms with Gasteiger partial charge in [-0.2, -0.15) is 0 Å². The number of hydrogen-bond donors (Lipinski definition) is 2. The zero-order valence-corrected chi connectivity index (χ0v) is 12.0. The molecule has 5 nitrogen and oxygen atoms in total.